The van der Waals surface area contributed by atoms with E-state index in [2.05, 4.69) is 9.97 Å². The summed E-state index contributed by atoms with van der Waals surface area (Å²) in [6, 6.07) is 6.63. The SMILES string of the molecule is N[C@@H](c1cc2cccc(Cl)c2nc1-c1ccc[nH]c1=O)C(F)(F)F. The topological polar surface area (TPSA) is 71.8 Å². The zero-order chi connectivity index (χ0) is 17.5. The van der Waals surface area contributed by atoms with Crippen molar-refractivity contribution >= 4 is 22.5 Å². The van der Waals surface area contributed by atoms with Gasteiger partial charge in [0.15, 0.2) is 0 Å². The van der Waals surface area contributed by atoms with E-state index in [1.807, 2.05) is 0 Å². The Morgan fingerprint density at radius 1 is 1.21 bits per heavy atom. The van der Waals surface area contributed by atoms with Gasteiger partial charge in [-0.25, -0.2) is 4.98 Å². The fourth-order valence-corrected chi connectivity index (χ4v) is 2.64. The molecule has 0 radical (unpaired) electrons. The zero-order valence-corrected chi connectivity index (χ0v) is 12.8. The van der Waals surface area contributed by atoms with Crippen molar-refractivity contribution in [1.82, 2.24) is 9.97 Å². The van der Waals surface area contributed by atoms with Crippen LogP contribution in [0, 0.1) is 0 Å². The third kappa shape index (κ3) is 2.88. The first kappa shape index (κ1) is 16.5. The highest BCUT2D eigenvalue weighted by molar-refractivity contribution is 6.35. The summed E-state index contributed by atoms with van der Waals surface area (Å²) in [5.74, 6) is 0. The van der Waals surface area contributed by atoms with Gasteiger partial charge in [-0.05, 0) is 24.3 Å². The molecule has 3 aromatic rings. The van der Waals surface area contributed by atoms with Crippen LogP contribution in [0.15, 0.2) is 47.4 Å². The maximum Gasteiger partial charge on any atom is 0.407 e. The average molecular weight is 354 g/mol. The molecule has 0 fully saturated rings. The van der Waals surface area contributed by atoms with Gasteiger partial charge in [-0.2, -0.15) is 13.2 Å². The van der Waals surface area contributed by atoms with Crippen molar-refractivity contribution in [1.29, 1.82) is 0 Å². The predicted octanol–water partition coefficient (Wildman–Crippen LogP) is 3.81. The number of nitrogens with zero attached hydrogens (tertiary/aromatic N) is 1. The highest BCUT2D eigenvalue weighted by atomic mass is 35.5. The number of pyridine rings is 2. The minimum Gasteiger partial charge on any atom is -0.329 e. The molecule has 0 aliphatic carbocycles. The Kier molecular flexibility index (Phi) is 4.06. The normalized spacial score (nSPS) is 13.2. The summed E-state index contributed by atoms with van der Waals surface area (Å²) in [7, 11) is 0. The van der Waals surface area contributed by atoms with Crippen LogP contribution in [0.3, 0.4) is 0 Å². The van der Waals surface area contributed by atoms with Gasteiger partial charge in [-0.3, -0.25) is 4.79 Å². The molecule has 2 heterocycles. The van der Waals surface area contributed by atoms with Gasteiger partial charge in [0, 0.05) is 17.1 Å². The Bertz CT molecular complexity index is 969. The predicted molar refractivity (Wildman–Crippen MR) is 85.8 cm³/mol. The van der Waals surface area contributed by atoms with E-state index in [0.29, 0.717) is 10.9 Å². The maximum atomic E-state index is 13.1. The third-order valence-corrected chi connectivity index (χ3v) is 3.89. The van der Waals surface area contributed by atoms with Crippen LogP contribution in [-0.4, -0.2) is 16.1 Å². The van der Waals surface area contributed by atoms with Crippen LogP contribution < -0.4 is 11.3 Å². The molecule has 3 rings (SSSR count). The first-order chi connectivity index (χ1) is 11.3. The third-order valence-electron chi connectivity index (χ3n) is 3.59. The van der Waals surface area contributed by atoms with Gasteiger partial charge in [0.25, 0.3) is 5.56 Å². The van der Waals surface area contributed by atoms with Crippen molar-refractivity contribution < 1.29 is 13.2 Å². The molecule has 0 amide bonds. The summed E-state index contributed by atoms with van der Waals surface area (Å²) in [6.07, 6.45) is -3.30. The van der Waals surface area contributed by atoms with E-state index < -0.39 is 17.8 Å². The lowest BCUT2D eigenvalue weighted by molar-refractivity contribution is -0.149. The highest BCUT2D eigenvalue weighted by Crippen LogP contribution is 2.37. The maximum absolute atomic E-state index is 13.1. The Labute approximate surface area is 139 Å². The Morgan fingerprint density at radius 2 is 1.96 bits per heavy atom. The van der Waals surface area contributed by atoms with Gasteiger partial charge in [0.05, 0.1) is 21.8 Å². The first-order valence-corrected chi connectivity index (χ1v) is 7.26. The lowest BCUT2D eigenvalue weighted by Crippen LogP contribution is -2.29. The van der Waals surface area contributed by atoms with E-state index in [-0.39, 0.29) is 21.8 Å². The van der Waals surface area contributed by atoms with Gasteiger partial charge in [-0.15, -0.1) is 0 Å². The van der Waals surface area contributed by atoms with E-state index >= 15 is 0 Å². The average Bonchev–Trinajstić information content (AvgIpc) is 2.53. The molecular formula is C16H11ClF3N3O. The molecule has 0 spiro atoms. The van der Waals surface area contributed by atoms with Gasteiger partial charge in [-0.1, -0.05) is 23.7 Å². The van der Waals surface area contributed by atoms with Crippen molar-refractivity contribution in [2.24, 2.45) is 5.73 Å². The van der Waals surface area contributed by atoms with Crippen LogP contribution in [0.1, 0.15) is 11.6 Å². The molecule has 124 valence electrons. The summed E-state index contributed by atoms with van der Waals surface area (Å²) in [5.41, 5.74) is 4.69. The van der Waals surface area contributed by atoms with Gasteiger partial charge >= 0.3 is 6.18 Å². The second-order valence-electron chi connectivity index (χ2n) is 5.17. The van der Waals surface area contributed by atoms with E-state index in [1.165, 1.54) is 24.4 Å². The summed E-state index contributed by atoms with van der Waals surface area (Å²) in [5, 5.41) is 0.682. The monoisotopic (exact) mass is 353 g/mol. The summed E-state index contributed by atoms with van der Waals surface area (Å²) in [4.78, 5) is 18.6. The number of nitrogens with two attached hydrogens (primary N) is 1. The number of halogens is 4. The second kappa shape index (κ2) is 5.92. The number of hydrogen-bond donors (Lipinski definition) is 2. The molecular weight excluding hydrogens is 343 g/mol. The number of rotatable bonds is 2. The van der Waals surface area contributed by atoms with Crippen molar-refractivity contribution in [3.05, 3.63) is 63.5 Å². The summed E-state index contributed by atoms with van der Waals surface area (Å²) < 4.78 is 39.4. The highest BCUT2D eigenvalue weighted by Gasteiger charge is 2.40. The van der Waals surface area contributed by atoms with E-state index in [9.17, 15) is 18.0 Å². The molecule has 24 heavy (non-hydrogen) atoms. The second-order valence-corrected chi connectivity index (χ2v) is 5.58. The number of nitrogens with one attached hydrogen (secondary N) is 1. The first-order valence-electron chi connectivity index (χ1n) is 6.88. The van der Waals surface area contributed by atoms with Crippen molar-refractivity contribution in [3.8, 4) is 11.3 Å². The molecule has 8 heteroatoms. The zero-order valence-electron chi connectivity index (χ0n) is 12.1. The number of aromatic amines is 1. The van der Waals surface area contributed by atoms with Crippen LogP contribution in [0.5, 0.6) is 0 Å². The number of alkyl halides is 3. The van der Waals surface area contributed by atoms with Crippen LogP contribution in [0.25, 0.3) is 22.2 Å². The molecule has 0 aliphatic rings. The van der Waals surface area contributed by atoms with Gasteiger partial charge in [0.1, 0.15) is 6.04 Å². The number of hydrogen-bond acceptors (Lipinski definition) is 3. The van der Waals surface area contributed by atoms with E-state index in [1.54, 1.807) is 18.2 Å². The number of benzene rings is 1. The van der Waals surface area contributed by atoms with Crippen molar-refractivity contribution in [3.63, 3.8) is 0 Å². The van der Waals surface area contributed by atoms with Crippen LogP contribution in [0.2, 0.25) is 5.02 Å². The van der Waals surface area contributed by atoms with Crippen LogP contribution >= 0.6 is 11.6 Å². The Hall–Kier alpha value is -2.38. The number of aromatic nitrogens is 2. The molecule has 0 saturated carbocycles. The van der Waals surface area contributed by atoms with Crippen molar-refractivity contribution in [2.75, 3.05) is 0 Å². The minimum absolute atomic E-state index is 0.00554. The standard InChI is InChI=1S/C16H11ClF3N3O/c17-11-5-1-3-8-7-10(14(21)16(18,19)20)13(23-12(8)11)9-4-2-6-22-15(9)24/h1-7,14H,21H2,(H,22,24)/t14-/m0/s1. The molecule has 2 aromatic heterocycles. The molecule has 0 bridgehead atoms. The van der Waals surface area contributed by atoms with Crippen LogP contribution in [0.4, 0.5) is 13.2 Å². The van der Waals surface area contributed by atoms with Gasteiger partial charge < -0.3 is 10.7 Å². The Morgan fingerprint density at radius 3 is 2.62 bits per heavy atom. The summed E-state index contributed by atoms with van der Waals surface area (Å²) in [6.45, 7) is 0. The Balaban J connectivity index is 2.38. The smallest absolute Gasteiger partial charge is 0.329 e. The molecule has 1 aromatic carbocycles. The molecule has 3 N–H and O–H groups in total. The molecule has 0 unspecified atom stereocenters. The number of para-hydroxylation sites is 1. The number of fused-ring (bicyclic) bond motifs is 1. The lowest BCUT2D eigenvalue weighted by atomic mass is 9.98. The van der Waals surface area contributed by atoms with Crippen molar-refractivity contribution in [2.45, 2.75) is 12.2 Å². The van der Waals surface area contributed by atoms with E-state index in [0.717, 1.165) is 0 Å². The van der Waals surface area contributed by atoms with Crippen LogP contribution in [-0.2, 0) is 0 Å². The molecule has 4 nitrogen and oxygen atoms in total. The lowest BCUT2D eigenvalue weighted by Gasteiger charge is -2.19. The summed E-state index contributed by atoms with van der Waals surface area (Å²) >= 11 is 6.08. The minimum atomic E-state index is -4.68. The quantitative estimate of drug-likeness (QED) is 0.736. The molecule has 0 saturated heterocycles. The fraction of sp³-hybridized carbons (Fsp3) is 0.125. The van der Waals surface area contributed by atoms with E-state index in [4.69, 9.17) is 17.3 Å². The fourth-order valence-electron chi connectivity index (χ4n) is 2.42. The number of H-pyrrole nitrogens is 1. The largest absolute Gasteiger partial charge is 0.407 e. The molecule has 0 aliphatic heterocycles. The van der Waals surface area contributed by atoms with Gasteiger partial charge in [0.2, 0.25) is 0 Å². The molecule has 1 atom stereocenters.